The molecular formula is C15H8F3NO4. The highest BCUT2D eigenvalue weighted by atomic mass is 19.3. The average molecular weight is 323 g/mol. The molecule has 8 heteroatoms. The van der Waals surface area contributed by atoms with E-state index in [4.69, 9.17) is 9.52 Å². The van der Waals surface area contributed by atoms with Crippen LogP contribution >= 0.6 is 0 Å². The van der Waals surface area contributed by atoms with Crippen LogP contribution in [-0.2, 0) is 4.79 Å². The van der Waals surface area contributed by atoms with E-state index in [1.165, 1.54) is 18.3 Å². The van der Waals surface area contributed by atoms with Crippen molar-refractivity contribution in [3.63, 3.8) is 0 Å². The Morgan fingerprint density at radius 2 is 2.00 bits per heavy atom. The van der Waals surface area contributed by atoms with Crippen molar-refractivity contribution in [3.05, 3.63) is 48.3 Å². The molecule has 0 aliphatic carbocycles. The second-order valence-electron chi connectivity index (χ2n) is 4.77. The first-order chi connectivity index (χ1) is 10.8. The highest BCUT2D eigenvalue weighted by Gasteiger charge is 2.49. The summed E-state index contributed by atoms with van der Waals surface area (Å²) >= 11 is 0. The van der Waals surface area contributed by atoms with Gasteiger partial charge in [-0.25, -0.2) is 9.18 Å². The van der Waals surface area contributed by atoms with Crippen molar-refractivity contribution in [2.24, 2.45) is 0 Å². The van der Waals surface area contributed by atoms with Crippen LogP contribution < -0.4 is 0 Å². The van der Waals surface area contributed by atoms with Gasteiger partial charge in [-0.2, -0.15) is 8.78 Å². The first-order valence-corrected chi connectivity index (χ1v) is 6.33. The Bertz CT molecular complexity index is 926. The van der Waals surface area contributed by atoms with Crippen molar-refractivity contribution in [3.8, 4) is 11.1 Å². The van der Waals surface area contributed by atoms with Gasteiger partial charge in [0.1, 0.15) is 5.82 Å². The van der Waals surface area contributed by atoms with Crippen LogP contribution in [-0.4, -0.2) is 27.8 Å². The SMILES string of the molecule is O=C(O)C(F)(F)C(=O)c1cc(-c2c[nH]c3c(F)cccc23)co1. The van der Waals surface area contributed by atoms with Gasteiger partial charge in [-0.05, 0) is 12.1 Å². The van der Waals surface area contributed by atoms with E-state index in [2.05, 4.69) is 4.98 Å². The van der Waals surface area contributed by atoms with Gasteiger partial charge < -0.3 is 14.5 Å². The smallest absolute Gasteiger partial charge is 0.407 e. The molecule has 23 heavy (non-hydrogen) atoms. The number of carbonyl (C=O) groups is 2. The van der Waals surface area contributed by atoms with E-state index < -0.39 is 29.3 Å². The second kappa shape index (κ2) is 5.01. The van der Waals surface area contributed by atoms with E-state index in [1.54, 1.807) is 6.07 Å². The van der Waals surface area contributed by atoms with Gasteiger partial charge in [0.2, 0.25) is 0 Å². The number of aliphatic carboxylic acids is 1. The Balaban J connectivity index is 2.03. The number of nitrogens with one attached hydrogen (secondary N) is 1. The lowest BCUT2D eigenvalue weighted by molar-refractivity contribution is -0.157. The largest absolute Gasteiger partial charge is 0.476 e. The van der Waals surface area contributed by atoms with Crippen molar-refractivity contribution in [2.45, 2.75) is 5.92 Å². The Morgan fingerprint density at radius 3 is 2.70 bits per heavy atom. The fourth-order valence-corrected chi connectivity index (χ4v) is 2.20. The molecular weight excluding hydrogens is 315 g/mol. The lowest BCUT2D eigenvalue weighted by Crippen LogP contribution is -2.37. The van der Waals surface area contributed by atoms with E-state index >= 15 is 0 Å². The number of H-pyrrole nitrogens is 1. The van der Waals surface area contributed by atoms with Gasteiger partial charge >= 0.3 is 11.9 Å². The molecule has 0 aliphatic rings. The van der Waals surface area contributed by atoms with Gasteiger partial charge in [-0.15, -0.1) is 0 Å². The maximum absolute atomic E-state index is 13.6. The third kappa shape index (κ3) is 2.28. The van der Waals surface area contributed by atoms with Crippen molar-refractivity contribution in [1.82, 2.24) is 4.98 Å². The molecule has 0 saturated heterocycles. The predicted octanol–water partition coefficient (Wildman–Crippen LogP) is 3.47. The molecule has 2 N–H and O–H groups in total. The van der Waals surface area contributed by atoms with Crippen molar-refractivity contribution in [2.75, 3.05) is 0 Å². The molecule has 2 aromatic heterocycles. The molecule has 0 saturated carbocycles. The van der Waals surface area contributed by atoms with Crippen LogP contribution in [0.5, 0.6) is 0 Å². The minimum Gasteiger partial charge on any atom is -0.476 e. The number of carboxylic acid groups (broad SMARTS) is 1. The van der Waals surface area contributed by atoms with Gasteiger partial charge in [0.25, 0.3) is 5.78 Å². The molecule has 5 nitrogen and oxygen atoms in total. The van der Waals surface area contributed by atoms with Crippen LogP contribution in [0.1, 0.15) is 10.6 Å². The molecule has 0 radical (unpaired) electrons. The Labute approximate surface area is 126 Å². The fraction of sp³-hybridized carbons (Fsp3) is 0.0667. The number of hydrogen-bond acceptors (Lipinski definition) is 3. The second-order valence-corrected chi connectivity index (χ2v) is 4.77. The fourth-order valence-electron chi connectivity index (χ4n) is 2.20. The number of furan rings is 1. The Hall–Kier alpha value is -3.03. The lowest BCUT2D eigenvalue weighted by Gasteiger charge is -2.06. The van der Waals surface area contributed by atoms with Gasteiger partial charge in [-0.1, -0.05) is 12.1 Å². The summed E-state index contributed by atoms with van der Waals surface area (Å²) in [4.78, 5) is 24.6. The summed E-state index contributed by atoms with van der Waals surface area (Å²) in [5, 5.41) is 8.84. The topological polar surface area (TPSA) is 83.3 Å². The number of benzene rings is 1. The number of halogens is 3. The number of fused-ring (bicyclic) bond motifs is 1. The quantitative estimate of drug-likeness (QED) is 0.569. The molecule has 0 spiro atoms. The van der Waals surface area contributed by atoms with Crippen LogP contribution in [0.4, 0.5) is 13.2 Å². The zero-order chi connectivity index (χ0) is 16.8. The van der Waals surface area contributed by atoms with Gasteiger partial charge in [0.05, 0.1) is 11.8 Å². The van der Waals surface area contributed by atoms with Gasteiger partial charge in [0.15, 0.2) is 5.76 Å². The number of ketones is 1. The summed E-state index contributed by atoms with van der Waals surface area (Å²) in [6.07, 6.45) is 2.46. The standard InChI is InChI=1S/C15H8F3NO4/c16-10-3-1-2-8-9(5-19-12(8)10)7-4-11(23-6-7)13(20)15(17,18)14(21)22/h1-6,19H,(H,21,22). The number of Topliss-reactive ketones (excluding diaryl/α,β-unsaturated/α-hetero) is 1. The highest BCUT2D eigenvalue weighted by molar-refractivity contribution is 6.12. The molecule has 1 aromatic carbocycles. The number of rotatable bonds is 4. The van der Waals surface area contributed by atoms with Crippen LogP contribution in [0.2, 0.25) is 0 Å². The zero-order valence-corrected chi connectivity index (χ0v) is 11.3. The lowest BCUT2D eigenvalue weighted by atomic mass is 10.1. The molecule has 3 rings (SSSR count). The van der Waals surface area contributed by atoms with Crippen LogP contribution in [0, 0.1) is 5.82 Å². The summed E-state index contributed by atoms with van der Waals surface area (Å²) < 4.78 is 44.8. The number of hydrogen-bond donors (Lipinski definition) is 2. The Kier molecular flexibility index (Phi) is 3.24. The number of alkyl halides is 2. The van der Waals surface area contributed by atoms with E-state index in [9.17, 15) is 22.8 Å². The van der Waals surface area contributed by atoms with Crippen molar-refractivity contribution >= 4 is 22.7 Å². The summed E-state index contributed by atoms with van der Waals surface area (Å²) in [6, 6.07) is 5.32. The van der Waals surface area contributed by atoms with Crippen LogP contribution in [0.25, 0.3) is 22.0 Å². The zero-order valence-electron chi connectivity index (χ0n) is 11.3. The van der Waals surface area contributed by atoms with Crippen LogP contribution in [0.3, 0.4) is 0 Å². The normalized spacial score (nSPS) is 11.8. The first-order valence-electron chi connectivity index (χ1n) is 6.33. The number of para-hydroxylation sites is 1. The maximum Gasteiger partial charge on any atom is 0.407 e. The summed E-state index contributed by atoms with van der Waals surface area (Å²) in [5.41, 5.74) is 0.889. The molecule has 0 atom stereocenters. The summed E-state index contributed by atoms with van der Waals surface area (Å²) in [5.74, 6) is -10.4. The minimum absolute atomic E-state index is 0.215. The molecule has 0 amide bonds. The van der Waals surface area contributed by atoms with E-state index in [0.29, 0.717) is 10.9 Å². The van der Waals surface area contributed by atoms with Crippen molar-refractivity contribution < 1.29 is 32.3 Å². The van der Waals surface area contributed by atoms with Gasteiger partial charge in [-0.3, -0.25) is 4.79 Å². The highest BCUT2D eigenvalue weighted by Crippen LogP contribution is 2.32. The molecule has 0 bridgehead atoms. The Morgan fingerprint density at radius 1 is 1.26 bits per heavy atom. The number of aromatic amines is 1. The average Bonchev–Trinajstić information content (AvgIpc) is 3.13. The molecule has 0 aliphatic heterocycles. The van der Waals surface area contributed by atoms with E-state index in [-0.39, 0.29) is 11.1 Å². The number of aromatic nitrogens is 1. The maximum atomic E-state index is 13.6. The molecule has 2 heterocycles. The third-order valence-corrected chi connectivity index (χ3v) is 3.35. The van der Waals surface area contributed by atoms with Crippen LogP contribution in [0.15, 0.2) is 41.1 Å². The predicted molar refractivity (Wildman–Crippen MR) is 72.9 cm³/mol. The monoisotopic (exact) mass is 323 g/mol. The molecule has 0 unspecified atom stereocenters. The number of carbonyl (C=O) groups excluding carboxylic acids is 1. The molecule has 0 fully saturated rings. The van der Waals surface area contributed by atoms with E-state index in [1.807, 2.05) is 0 Å². The number of carboxylic acids is 1. The first kappa shape index (κ1) is 14.9. The molecule has 3 aromatic rings. The van der Waals surface area contributed by atoms with Crippen molar-refractivity contribution in [1.29, 1.82) is 0 Å². The van der Waals surface area contributed by atoms with E-state index in [0.717, 1.165) is 12.3 Å². The minimum atomic E-state index is -4.58. The summed E-state index contributed by atoms with van der Waals surface area (Å²) in [7, 11) is 0. The summed E-state index contributed by atoms with van der Waals surface area (Å²) in [6.45, 7) is 0. The van der Waals surface area contributed by atoms with Gasteiger partial charge in [0, 0.05) is 22.7 Å². The third-order valence-electron chi connectivity index (χ3n) is 3.35. The molecule has 118 valence electrons.